The van der Waals surface area contributed by atoms with E-state index in [1.54, 1.807) is 0 Å². The number of hydrogen-bond acceptors (Lipinski definition) is 1. The van der Waals surface area contributed by atoms with Crippen LogP contribution < -0.4 is 5.32 Å². The molecule has 0 unspecified atom stereocenters. The number of rotatable bonds is 4. The SMILES string of the molecule is O=C(NC(C1CC1)C1CC1)c1cc(F)cc(F)c1. The first-order valence-corrected chi connectivity index (χ1v) is 6.40. The third-order valence-electron chi connectivity index (χ3n) is 3.68. The van der Waals surface area contributed by atoms with Crippen LogP contribution in [0, 0.1) is 23.5 Å². The Balaban J connectivity index is 1.72. The molecule has 1 amide bonds. The minimum atomic E-state index is -0.713. The molecule has 0 spiro atoms. The number of amides is 1. The number of nitrogens with one attached hydrogen (secondary N) is 1. The molecule has 2 aliphatic rings. The second-order valence-electron chi connectivity index (χ2n) is 5.33. The Morgan fingerprint density at radius 2 is 1.56 bits per heavy atom. The Labute approximate surface area is 104 Å². The summed E-state index contributed by atoms with van der Waals surface area (Å²) in [6, 6.07) is 3.13. The molecule has 1 aromatic carbocycles. The summed E-state index contributed by atoms with van der Waals surface area (Å²) in [7, 11) is 0. The van der Waals surface area contributed by atoms with E-state index >= 15 is 0 Å². The molecule has 0 aromatic heterocycles. The first-order valence-electron chi connectivity index (χ1n) is 6.40. The highest BCUT2D eigenvalue weighted by Gasteiger charge is 2.42. The van der Waals surface area contributed by atoms with E-state index in [4.69, 9.17) is 0 Å². The van der Waals surface area contributed by atoms with Gasteiger partial charge in [0, 0.05) is 17.7 Å². The number of hydrogen-bond donors (Lipinski definition) is 1. The monoisotopic (exact) mass is 251 g/mol. The van der Waals surface area contributed by atoms with E-state index in [1.807, 2.05) is 0 Å². The fourth-order valence-electron chi connectivity index (χ4n) is 2.45. The van der Waals surface area contributed by atoms with E-state index in [2.05, 4.69) is 5.32 Å². The van der Waals surface area contributed by atoms with Gasteiger partial charge in [-0.2, -0.15) is 0 Å². The zero-order chi connectivity index (χ0) is 12.7. The summed E-state index contributed by atoms with van der Waals surface area (Å²) in [4.78, 5) is 12.0. The van der Waals surface area contributed by atoms with Crippen LogP contribution >= 0.6 is 0 Å². The van der Waals surface area contributed by atoms with E-state index < -0.39 is 11.6 Å². The highest BCUT2D eigenvalue weighted by molar-refractivity contribution is 5.94. The third-order valence-corrected chi connectivity index (χ3v) is 3.68. The van der Waals surface area contributed by atoms with Crippen molar-refractivity contribution in [3.05, 3.63) is 35.4 Å². The quantitative estimate of drug-likeness (QED) is 0.876. The van der Waals surface area contributed by atoms with Crippen molar-refractivity contribution in [1.29, 1.82) is 0 Å². The molecular formula is C14H15F2NO. The highest BCUT2D eigenvalue weighted by Crippen LogP contribution is 2.44. The smallest absolute Gasteiger partial charge is 0.251 e. The summed E-state index contributed by atoms with van der Waals surface area (Å²) >= 11 is 0. The van der Waals surface area contributed by atoms with Gasteiger partial charge in [0.05, 0.1) is 0 Å². The van der Waals surface area contributed by atoms with Gasteiger partial charge < -0.3 is 5.32 Å². The van der Waals surface area contributed by atoms with Crippen LogP contribution in [0.4, 0.5) is 8.78 Å². The maximum atomic E-state index is 13.0. The molecule has 0 saturated heterocycles. The number of benzene rings is 1. The van der Waals surface area contributed by atoms with Crippen molar-refractivity contribution in [2.24, 2.45) is 11.8 Å². The minimum Gasteiger partial charge on any atom is -0.349 e. The molecule has 1 aromatic rings. The first kappa shape index (κ1) is 11.6. The van der Waals surface area contributed by atoms with Crippen molar-refractivity contribution in [3.63, 3.8) is 0 Å². The molecule has 0 heterocycles. The van der Waals surface area contributed by atoms with E-state index in [0.29, 0.717) is 11.8 Å². The molecule has 0 atom stereocenters. The molecule has 2 fully saturated rings. The van der Waals surface area contributed by atoms with Crippen LogP contribution in [0.5, 0.6) is 0 Å². The standard InChI is InChI=1S/C14H15F2NO/c15-11-5-10(6-12(16)7-11)14(18)17-13(8-1-2-8)9-3-4-9/h5-9,13H,1-4H2,(H,17,18). The van der Waals surface area contributed by atoms with Crippen LogP contribution in [0.15, 0.2) is 18.2 Å². The van der Waals surface area contributed by atoms with Gasteiger partial charge in [-0.3, -0.25) is 4.79 Å². The lowest BCUT2D eigenvalue weighted by Crippen LogP contribution is -2.38. The van der Waals surface area contributed by atoms with Crippen molar-refractivity contribution in [2.75, 3.05) is 0 Å². The summed E-state index contributed by atoms with van der Waals surface area (Å²) in [6.07, 6.45) is 4.61. The lowest BCUT2D eigenvalue weighted by molar-refractivity contribution is 0.0925. The lowest BCUT2D eigenvalue weighted by Gasteiger charge is -2.17. The average Bonchev–Trinajstić information content (AvgIpc) is 3.14. The summed E-state index contributed by atoms with van der Waals surface area (Å²) in [5, 5.41) is 2.94. The molecule has 3 rings (SSSR count). The van der Waals surface area contributed by atoms with Crippen molar-refractivity contribution in [3.8, 4) is 0 Å². The Bertz CT molecular complexity index is 448. The van der Waals surface area contributed by atoms with Gasteiger partial charge in [-0.05, 0) is 49.7 Å². The van der Waals surface area contributed by atoms with Gasteiger partial charge in [-0.15, -0.1) is 0 Å². The Hall–Kier alpha value is -1.45. The predicted octanol–water partition coefficient (Wildman–Crippen LogP) is 2.88. The van der Waals surface area contributed by atoms with Gasteiger partial charge in [0.15, 0.2) is 0 Å². The van der Waals surface area contributed by atoms with Gasteiger partial charge >= 0.3 is 0 Å². The maximum absolute atomic E-state index is 13.0. The molecular weight excluding hydrogens is 236 g/mol. The zero-order valence-electron chi connectivity index (χ0n) is 9.96. The third kappa shape index (κ3) is 2.52. The molecule has 18 heavy (non-hydrogen) atoms. The molecule has 96 valence electrons. The lowest BCUT2D eigenvalue weighted by atomic mass is 10.1. The van der Waals surface area contributed by atoms with Gasteiger partial charge in [0.2, 0.25) is 0 Å². The van der Waals surface area contributed by atoms with Gasteiger partial charge in [0.1, 0.15) is 11.6 Å². The topological polar surface area (TPSA) is 29.1 Å². The van der Waals surface area contributed by atoms with E-state index in [1.165, 1.54) is 0 Å². The molecule has 0 radical (unpaired) electrons. The van der Waals surface area contributed by atoms with Crippen LogP contribution in [0.3, 0.4) is 0 Å². The highest BCUT2D eigenvalue weighted by atomic mass is 19.1. The summed E-state index contributed by atoms with van der Waals surface area (Å²) in [5.41, 5.74) is 0.0683. The van der Waals surface area contributed by atoms with Gasteiger partial charge in [-0.1, -0.05) is 0 Å². The molecule has 0 aliphatic heterocycles. The van der Waals surface area contributed by atoms with Crippen molar-refractivity contribution in [2.45, 2.75) is 31.7 Å². The van der Waals surface area contributed by atoms with Crippen molar-refractivity contribution < 1.29 is 13.6 Å². The fourth-order valence-corrected chi connectivity index (χ4v) is 2.45. The molecule has 2 saturated carbocycles. The summed E-state index contributed by atoms with van der Waals surface area (Å²) < 4.78 is 26.1. The number of carbonyl (C=O) groups excluding carboxylic acids is 1. The number of carbonyl (C=O) groups is 1. The van der Waals surface area contributed by atoms with E-state index in [9.17, 15) is 13.6 Å². The van der Waals surface area contributed by atoms with Gasteiger partial charge in [-0.25, -0.2) is 8.78 Å². The Kier molecular flexibility index (Phi) is 2.80. The summed E-state index contributed by atoms with van der Waals surface area (Å²) in [6.45, 7) is 0. The largest absolute Gasteiger partial charge is 0.349 e. The minimum absolute atomic E-state index is 0.0683. The van der Waals surface area contributed by atoms with E-state index in [0.717, 1.165) is 43.9 Å². The van der Waals surface area contributed by atoms with Crippen LogP contribution in [0.2, 0.25) is 0 Å². The second-order valence-corrected chi connectivity index (χ2v) is 5.33. The Morgan fingerprint density at radius 1 is 1.06 bits per heavy atom. The number of halogens is 2. The fraction of sp³-hybridized carbons (Fsp3) is 0.500. The normalized spacial score (nSPS) is 19.1. The molecule has 1 N–H and O–H groups in total. The van der Waals surface area contributed by atoms with Crippen molar-refractivity contribution in [1.82, 2.24) is 5.32 Å². The predicted molar refractivity (Wildman–Crippen MR) is 63.1 cm³/mol. The van der Waals surface area contributed by atoms with Crippen LogP contribution in [-0.2, 0) is 0 Å². The second kappa shape index (κ2) is 4.34. The van der Waals surface area contributed by atoms with Crippen LogP contribution in [-0.4, -0.2) is 11.9 Å². The van der Waals surface area contributed by atoms with Crippen LogP contribution in [0.25, 0.3) is 0 Å². The molecule has 2 nitrogen and oxygen atoms in total. The first-order chi connectivity index (χ1) is 8.63. The van der Waals surface area contributed by atoms with Crippen molar-refractivity contribution >= 4 is 5.91 Å². The molecule has 4 heteroatoms. The zero-order valence-corrected chi connectivity index (χ0v) is 9.96. The molecule has 2 aliphatic carbocycles. The Morgan fingerprint density at radius 3 is 2.00 bits per heavy atom. The maximum Gasteiger partial charge on any atom is 0.251 e. The van der Waals surface area contributed by atoms with Gasteiger partial charge in [0.25, 0.3) is 5.91 Å². The average molecular weight is 251 g/mol. The summed E-state index contributed by atoms with van der Waals surface area (Å²) in [5.74, 6) is -0.652. The molecule has 0 bridgehead atoms. The van der Waals surface area contributed by atoms with Crippen LogP contribution in [0.1, 0.15) is 36.0 Å². The van der Waals surface area contributed by atoms with E-state index in [-0.39, 0.29) is 17.5 Å².